The summed E-state index contributed by atoms with van der Waals surface area (Å²) in [6.45, 7) is 1.18. The van der Waals surface area contributed by atoms with Gasteiger partial charge in [0.25, 0.3) is 0 Å². The zero-order valence-corrected chi connectivity index (χ0v) is 10.4. The Balaban J connectivity index is 2.08. The van der Waals surface area contributed by atoms with Crippen molar-refractivity contribution in [2.75, 3.05) is 19.8 Å². The lowest BCUT2D eigenvalue weighted by Gasteiger charge is -2.39. The fourth-order valence-corrected chi connectivity index (χ4v) is 2.80. The van der Waals surface area contributed by atoms with E-state index in [4.69, 9.17) is 15.6 Å². The van der Waals surface area contributed by atoms with Crippen LogP contribution in [0.2, 0.25) is 0 Å². The molecule has 18 heavy (non-hydrogen) atoms. The molecule has 0 spiro atoms. The summed E-state index contributed by atoms with van der Waals surface area (Å²) < 4.78 is 5.26. The minimum atomic E-state index is -0.916. The van der Waals surface area contributed by atoms with Crippen LogP contribution in [-0.2, 0) is 14.3 Å². The maximum atomic E-state index is 12.5. The third kappa shape index (κ3) is 2.64. The van der Waals surface area contributed by atoms with E-state index in [0.717, 1.165) is 12.8 Å². The van der Waals surface area contributed by atoms with Crippen molar-refractivity contribution < 1.29 is 19.4 Å². The molecule has 2 fully saturated rings. The van der Waals surface area contributed by atoms with Crippen molar-refractivity contribution in [1.82, 2.24) is 4.90 Å². The highest BCUT2D eigenvalue weighted by Gasteiger charge is 2.42. The standard InChI is InChI=1S/C12H20N2O4/c13-12(3-1-2-4-12)11(17)14-5-6-18-8-9(14)7-10(15)16/h9H,1-8,13H2,(H,15,16). The van der Waals surface area contributed by atoms with Crippen LogP contribution in [0.15, 0.2) is 0 Å². The highest BCUT2D eigenvalue weighted by atomic mass is 16.5. The van der Waals surface area contributed by atoms with E-state index in [1.807, 2.05) is 0 Å². The second-order valence-electron chi connectivity index (χ2n) is 5.19. The first-order valence-electron chi connectivity index (χ1n) is 6.42. The van der Waals surface area contributed by atoms with Gasteiger partial charge in [0.05, 0.1) is 31.2 Å². The van der Waals surface area contributed by atoms with Crippen molar-refractivity contribution in [3.8, 4) is 0 Å². The number of ether oxygens (including phenoxy) is 1. The summed E-state index contributed by atoms with van der Waals surface area (Å²) >= 11 is 0. The van der Waals surface area contributed by atoms with Crippen LogP contribution in [0.4, 0.5) is 0 Å². The third-order valence-electron chi connectivity index (χ3n) is 3.82. The minimum Gasteiger partial charge on any atom is -0.481 e. The molecule has 0 aromatic rings. The normalized spacial score (nSPS) is 27.2. The molecule has 1 saturated carbocycles. The number of hydrogen-bond donors (Lipinski definition) is 2. The van der Waals surface area contributed by atoms with Gasteiger partial charge >= 0.3 is 5.97 Å². The van der Waals surface area contributed by atoms with Crippen molar-refractivity contribution in [2.45, 2.75) is 43.7 Å². The Bertz CT molecular complexity index is 339. The zero-order valence-electron chi connectivity index (χ0n) is 10.4. The first kappa shape index (κ1) is 13.3. The number of carboxylic acids is 1. The molecule has 1 heterocycles. The first-order valence-corrected chi connectivity index (χ1v) is 6.42. The number of hydrogen-bond acceptors (Lipinski definition) is 4. The van der Waals surface area contributed by atoms with Crippen LogP contribution in [0.25, 0.3) is 0 Å². The molecular weight excluding hydrogens is 236 g/mol. The van der Waals surface area contributed by atoms with Crippen LogP contribution in [-0.4, -0.2) is 53.2 Å². The van der Waals surface area contributed by atoms with E-state index in [9.17, 15) is 9.59 Å². The van der Waals surface area contributed by atoms with E-state index in [-0.39, 0.29) is 25.0 Å². The fourth-order valence-electron chi connectivity index (χ4n) is 2.80. The number of nitrogens with zero attached hydrogens (tertiary/aromatic N) is 1. The van der Waals surface area contributed by atoms with Crippen LogP contribution in [0.3, 0.4) is 0 Å². The second kappa shape index (κ2) is 5.24. The van der Waals surface area contributed by atoms with Gasteiger partial charge in [-0.25, -0.2) is 0 Å². The Morgan fingerprint density at radius 3 is 2.67 bits per heavy atom. The van der Waals surface area contributed by atoms with Crippen LogP contribution < -0.4 is 5.73 Å². The molecule has 0 bridgehead atoms. The average Bonchev–Trinajstić information content (AvgIpc) is 2.76. The van der Waals surface area contributed by atoms with E-state index in [0.29, 0.717) is 26.0 Å². The van der Waals surface area contributed by atoms with Gasteiger partial charge in [-0.3, -0.25) is 9.59 Å². The lowest BCUT2D eigenvalue weighted by molar-refractivity contribution is -0.150. The smallest absolute Gasteiger partial charge is 0.305 e. The fraction of sp³-hybridized carbons (Fsp3) is 0.833. The lowest BCUT2D eigenvalue weighted by atomic mass is 9.95. The van der Waals surface area contributed by atoms with Gasteiger partial charge in [-0.05, 0) is 12.8 Å². The van der Waals surface area contributed by atoms with E-state index < -0.39 is 11.5 Å². The molecule has 102 valence electrons. The molecule has 2 rings (SSSR count). The van der Waals surface area contributed by atoms with Crippen molar-refractivity contribution in [3.05, 3.63) is 0 Å². The third-order valence-corrected chi connectivity index (χ3v) is 3.82. The highest BCUT2D eigenvalue weighted by molar-refractivity contribution is 5.87. The summed E-state index contributed by atoms with van der Waals surface area (Å²) in [6.07, 6.45) is 3.25. The average molecular weight is 256 g/mol. The minimum absolute atomic E-state index is 0.0815. The summed E-state index contributed by atoms with van der Waals surface area (Å²) in [5, 5.41) is 8.87. The molecule has 0 aromatic heterocycles. The van der Waals surface area contributed by atoms with Gasteiger partial charge in [0.15, 0.2) is 0 Å². The van der Waals surface area contributed by atoms with E-state index >= 15 is 0 Å². The van der Waals surface area contributed by atoms with E-state index in [1.54, 1.807) is 4.90 Å². The van der Waals surface area contributed by atoms with Gasteiger partial charge < -0.3 is 20.5 Å². The number of carbonyl (C=O) groups excluding carboxylic acids is 1. The molecule has 1 saturated heterocycles. The number of carbonyl (C=O) groups is 2. The van der Waals surface area contributed by atoms with Crippen LogP contribution in [0.1, 0.15) is 32.1 Å². The molecule has 0 radical (unpaired) electrons. The van der Waals surface area contributed by atoms with Crippen molar-refractivity contribution in [3.63, 3.8) is 0 Å². The van der Waals surface area contributed by atoms with Crippen molar-refractivity contribution in [2.24, 2.45) is 5.73 Å². The predicted octanol–water partition coefficient (Wildman–Crippen LogP) is -0.0400. The Labute approximate surface area is 106 Å². The number of amides is 1. The molecular formula is C12H20N2O4. The lowest BCUT2D eigenvalue weighted by Crippen LogP contribution is -2.59. The Kier molecular flexibility index (Phi) is 3.87. The molecule has 1 aliphatic carbocycles. The summed E-state index contributed by atoms with van der Waals surface area (Å²) in [5.41, 5.74) is 5.36. The van der Waals surface area contributed by atoms with Gasteiger partial charge in [-0.15, -0.1) is 0 Å². The summed E-state index contributed by atoms with van der Waals surface area (Å²) in [5.74, 6) is -1.02. The highest BCUT2D eigenvalue weighted by Crippen LogP contribution is 2.30. The van der Waals surface area contributed by atoms with Crippen LogP contribution in [0.5, 0.6) is 0 Å². The summed E-state index contributed by atoms with van der Waals surface area (Å²) in [7, 11) is 0. The largest absolute Gasteiger partial charge is 0.481 e. The number of nitrogens with two attached hydrogens (primary N) is 1. The molecule has 0 aromatic carbocycles. The number of rotatable bonds is 3. The predicted molar refractivity (Wildman–Crippen MR) is 64.0 cm³/mol. The van der Waals surface area contributed by atoms with Crippen LogP contribution in [0, 0.1) is 0 Å². The molecule has 1 aliphatic heterocycles. The van der Waals surface area contributed by atoms with Crippen LogP contribution >= 0.6 is 0 Å². The maximum Gasteiger partial charge on any atom is 0.305 e. The number of aliphatic carboxylic acids is 1. The Morgan fingerprint density at radius 2 is 2.06 bits per heavy atom. The Morgan fingerprint density at radius 1 is 1.39 bits per heavy atom. The van der Waals surface area contributed by atoms with Gasteiger partial charge in [-0.1, -0.05) is 12.8 Å². The molecule has 1 amide bonds. The molecule has 2 aliphatic rings. The molecule has 6 heteroatoms. The van der Waals surface area contributed by atoms with Crippen molar-refractivity contribution >= 4 is 11.9 Å². The molecule has 1 unspecified atom stereocenters. The molecule has 3 N–H and O–H groups in total. The number of morpholine rings is 1. The SMILES string of the molecule is NC1(C(=O)N2CCOCC2CC(=O)O)CCCC1. The van der Waals surface area contributed by atoms with Gasteiger partial charge in [0.1, 0.15) is 0 Å². The van der Waals surface area contributed by atoms with Gasteiger partial charge in [0, 0.05) is 6.54 Å². The monoisotopic (exact) mass is 256 g/mol. The van der Waals surface area contributed by atoms with Gasteiger partial charge in [-0.2, -0.15) is 0 Å². The van der Waals surface area contributed by atoms with Gasteiger partial charge in [0.2, 0.25) is 5.91 Å². The summed E-state index contributed by atoms with van der Waals surface area (Å²) in [4.78, 5) is 24.9. The maximum absolute atomic E-state index is 12.5. The topological polar surface area (TPSA) is 92.9 Å². The molecule has 1 atom stereocenters. The van der Waals surface area contributed by atoms with E-state index in [2.05, 4.69) is 0 Å². The van der Waals surface area contributed by atoms with E-state index in [1.165, 1.54) is 0 Å². The first-order chi connectivity index (χ1) is 8.53. The zero-order chi connectivity index (χ0) is 13.2. The van der Waals surface area contributed by atoms with Crippen molar-refractivity contribution in [1.29, 1.82) is 0 Å². The Hall–Kier alpha value is -1.14. The molecule has 6 nitrogen and oxygen atoms in total. The quantitative estimate of drug-likeness (QED) is 0.739. The second-order valence-corrected chi connectivity index (χ2v) is 5.19. The summed E-state index contributed by atoms with van der Waals surface area (Å²) in [6, 6.07) is -0.384. The number of carboxylic acid groups (broad SMARTS) is 1.